The maximum atomic E-state index is 10.2. The lowest BCUT2D eigenvalue weighted by molar-refractivity contribution is -0.132. The molecule has 0 fully saturated rings. The first-order valence-electron chi connectivity index (χ1n) is 3.30. The van der Waals surface area contributed by atoms with E-state index in [0.717, 1.165) is 0 Å². The normalized spacial score (nSPS) is 13.7. The third kappa shape index (κ3) is 4.61. The number of carboxylic acid groups (broad SMARTS) is 1. The largest absolute Gasteiger partial charge is 0.478 e. The number of aliphatic hydroxyl groups excluding tert-OH is 1. The molecular weight excluding hydrogens is 200 g/mol. The Morgan fingerprint density at radius 1 is 1.46 bits per heavy atom. The van der Waals surface area contributed by atoms with E-state index in [9.17, 15) is 13.2 Å². The number of aliphatic hydroxyl groups is 1. The lowest BCUT2D eigenvalue weighted by atomic mass is 10.2. The molecule has 0 bridgehead atoms. The Morgan fingerprint density at radius 3 is 2.23 bits per heavy atom. The molecule has 3 N–H and O–H groups in total. The third-order valence-electron chi connectivity index (χ3n) is 1.34. The van der Waals surface area contributed by atoms with Crippen LogP contribution in [-0.2, 0) is 14.9 Å². The molecule has 0 spiro atoms. The van der Waals surface area contributed by atoms with Gasteiger partial charge >= 0.3 is 5.97 Å². The van der Waals surface area contributed by atoms with Crippen molar-refractivity contribution in [1.82, 2.24) is 0 Å². The maximum absolute atomic E-state index is 10.2. The molecular formula is C6H10O6S. The second kappa shape index (κ2) is 4.35. The first-order valence-corrected chi connectivity index (χ1v) is 4.81. The Balaban J connectivity index is 4.06. The van der Waals surface area contributed by atoms with Gasteiger partial charge < -0.3 is 10.2 Å². The van der Waals surface area contributed by atoms with Gasteiger partial charge in [0.05, 0.1) is 0 Å². The van der Waals surface area contributed by atoms with Gasteiger partial charge in [0.15, 0.2) is 5.44 Å². The van der Waals surface area contributed by atoms with Crippen LogP contribution in [0.2, 0.25) is 0 Å². The van der Waals surface area contributed by atoms with Crippen molar-refractivity contribution in [3.8, 4) is 0 Å². The summed E-state index contributed by atoms with van der Waals surface area (Å²) in [5.74, 6) is -1.26. The van der Waals surface area contributed by atoms with Crippen LogP contribution in [0, 0.1) is 0 Å². The van der Waals surface area contributed by atoms with Crippen molar-refractivity contribution in [3.63, 3.8) is 0 Å². The summed E-state index contributed by atoms with van der Waals surface area (Å²) in [7, 11) is -4.50. The number of aliphatic carboxylic acids is 1. The van der Waals surface area contributed by atoms with E-state index in [1.54, 1.807) is 0 Å². The molecule has 0 radical (unpaired) electrons. The molecule has 0 rings (SSSR count). The van der Waals surface area contributed by atoms with Crippen LogP contribution in [0.4, 0.5) is 0 Å². The van der Waals surface area contributed by atoms with Gasteiger partial charge in [-0.15, -0.1) is 0 Å². The predicted octanol–water partition coefficient (Wildman–Crippen LogP) is -0.386. The van der Waals surface area contributed by atoms with E-state index in [2.05, 4.69) is 6.58 Å². The summed E-state index contributed by atoms with van der Waals surface area (Å²) in [5, 5.41) is 17.0. The smallest absolute Gasteiger partial charge is 0.330 e. The summed E-state index contributed by atoms with van der Waals surface area (Å²) >= 11 is 0. The van der Waals surface area contributed by atoms with E-state index < -0.39 is 21.5 Å². The number of rotatable bonds is 5. The van der Waals surface area contributed by atoms with Crippen LogP contribution in [0.1, 0.15) is 12.8 Å². The van der Waals surface area contributed by atoms with Crippen molar-refractivity contribution in [2.24, 2.45) is 0 Å². The number of hydrogen-bond acceptors (Lipinski definition) is 4. The zero-order valence-electron chi connectivity index (χ0n) is 6.67. The minimum Gasteiger partial charge on any atom is -0.478 e. The summed E-state index contributed by atoms with van der Waals surface area (Å²) in [5.41, 5.74) is -2.17. The maximum Gasteiger partial charge on any atom is 0.330 e. The Morgan fingerprint density at radius 2 is 1.92 bits per heavy atom. The van der Waals surface area contributed by atoms with Gasteiger partial charge in [-0.1, -0.05) is 6.58 Å². The second-order valence-electron chi connectivity index (χ2n) is 2.42. The van der Waals surface area contributed by atoms with Crippen LogP contribution in [0.3, 0.4) is 0 Å². The van der Waals surface area contributed by atoms with Gasteiger partial charge in [-0.25, -0.2) is 4.79 Å². The van der Waals surface area contributed by atoms with E-state index >= 15 is 0 Å². The van der Waals surface area contributed by atoms with Gasteiger partial charge in [-0.3, -0.25) is 4.55 Å². The summed E-state index contributed by atoms with van der Waals surface area (Å²) < 4.78 is 28.8. The van der Waals surface area contributed by atoms with Crippen molar-refractivity contribution in [2.45, 2.75) is 18.3 Å². The van der Waals surface area contributed by atoms with Gasteiger partial charge in [0, 0.05) is 5.57 Å². The highest BCUT2D eigenvalue weighted by atomic mass is 32.2. The Kier molecular flexibility index (Phi) is 4.05. The minimum absolute atomic E-state index is 0.198. The van der Waals surface area contributed by atoms with Crippen LogP contribution >= 0.6 is 0 Å². The molecule has 0 saturated carbocycles. The van der Waals surface area contributed by atoms with Gasteiger partial charge in [0.25, 0.3) is 10.1 Å². The summed E-state index contributed by atoms with van der Waals surface area (Å²) in [6.07, 6.45) is -0.583. The van der Waals surface area contributed by atoms with Crippen LogP contribution in [0.5, 0.6) is 0 Å². The standard InChI is InChI=1S/C6H10O6S/c1-4(6(8)9)2-3-5(7)13(10,11)12/h5,7H,1-3H2,(H,8,9)(H,10,11,12). The molecule has 76 valence electrons. The van der Waals surface area contributed by atoms with Gasteiger partial charge in [0.2, 0.25) is 0 Å². The highest BCUT2D eigenvalue weighted by molar-refractivity contribution is 7.86. The Bertz CT molecular complexity index is 303. The van der Waals surface area contributed by atoms with E-state index in [1.807, 2.05) is 0 Å². The van der Waals surface area contributed by atoms with E-state index in [0.29, 0.717) is 0 Å². The lowest BCUT2D eigenvalue weighted by Gasteiger charge is -2.05. The minimum atomic E-state index is -4.50. The van der Waals surface area contributed by atoms with Crippen LogP contribution in [-0.4, -0.2) is 34.6 Å². The number of hydrogen-bond donors (Lipinski definition) is 3. The fourth-order valence-electron chi connectivity index (χ4n) is 0.554. The van der Waals surface area contributed by atoms with Crippen LogP contribution < -0.4 is 0 Å². The fraction of sp³-hybridized carbons (Fsp3) is 0.500. The van der Waals surface area contributed by atoms with Crippen molar-refractivity contribution in [1.29, 1.82) is 0 Å². The summed E-state index contributed by atoms with van der Waals surface area (Å²) in [6.45, 7) is 3.12. The Hall–Kier alpha value is -0.920. The molecule has 0 aromatic heterocycles. The molecule has 0 aliphatic rings. The molecule has 0 aliphatic heterocycles. The molecule has 0 aromatic rings. The average Bonchev–Trinajstić information content (AvgIpc) is 1.97. The Labute approximate surface area is 75.3 Å². The van der Waals surface area contributed by atoms with Crippen molar-refractivity contribution < 1.29 is 28.0 Å². The highest BCUT2D eigenvalue weighted by Crippen LogP contribution is 2.09. The second-order valence-corrected chi connectivity index (χ2v) is 3.99. The molecule has 1 unspecified atom stereocenters. The quantitative estimate of drug-likeness (QED) is 0.421. The first kappa shape index (κ1) is 12.1. The van der Waals surface area contributed by atoms with Crippen molar-refractivity contribution in [2.75, 3.05) is 0 Å². The number of carbonyl (C=O) groups is 1. The monoisotopic (exact) mass is 210 g/mol. The van der Waals surface area contributed by atoms with Crippen LogP contribution in [0.25, 0.3) is 0 Å². The third-order valence-corrected chi connectivity index (χ3v) is 2.26. The summed E-state index contributed by atoms with van der Waals surface area (Å²) in [6, 6.07) is 0. The number of carboxylic acids is 1. The van der Waals surface area contributed by atoms with Gasteiger partial charge in [-0.2, -0.15) is 8.42 Å². The highest BCUT2D eigenvalue weighted by Gasteiger charge is 2.20. The molecule has 0 aliphatic carbocycles. The van der Waals surface area contributed by atoms with Crippen molar-refractivity contribution >= 4 is 16.1 Å². The van der Waals surface area contributed by atoms with E-state index in [-0.39, 0.29) is 18.4 Å². The molecule has 0 heterocycles. The average molecular weight is 210 g/mol. The molecule has 6 nitrogen and oxygen atoms in total. The van der Waals surface area contributed by atoms with Crippen LogP contribution in [0.15, 0.2) is 12.2 Å². The molecule has 7 heteroatoms. The summed E-state index contributed by atoms with van der Waals surface area (Å²) in [4.78, 5) is 10.2. The fourth-order valence-corrected chi connectivity index (χ4v) is 0.969. The zero-order valence-corrected chi connectivity index (χ0v) is 7.49. The SMILES string of the molecule is C=C(CCC(O)S(=O)(=O)O)C(=O)O. The molecule has 0 aromatic carbocycles. The predicted molar refractivity (Wildman–Crippen MR) is 43.6 cm³/mol. The lowest BCUT2D eigenvalue weighted by Crippen LogP contribution is -2.20. The zero-order chi connectivity index (χ0) is 10.6. The molecule has 13 heavy (non-hydrogen) atoms. The first-order chi connectivity index (χ1) is 5.75. The van der Waals surface area contributed by atoms with E-state index in [1.165, 1.54) is 0 Å². The van der Waals surface area contributed by atoms with Gasteiger partial charge in [-0.05, 0) is 12.8 Å². The van der Waals surface area contributed by atoms with Crippen molar-refractivity contribution in [3.05, 3.63) is 12.2 Å². The van der Waals surface area contributed by atoms with E-state index in [4.69, 9.17) is 14.8 Å². The van der Waals surface area contributed by atoms with Gasteiger partial charge in [0.1, 0.15) is 0 Å². The molecule has 0 saturated heterocycles. The molecule has 1 atom stereocenters. The topological polar surface area (TPSA) is 112 Å². The molecule has 0 amide bonds.